The fourth-order valence-electron chi connectivity index (χ4n) is 2.72. The van der Waals surface area contributed by atoms with Gasteiger partial charge in [0.2, 0.25) is 5.88 Å². The van der Waals surface area contributed by atoms with E-state index < -0.39 is 0 Å². The first-order valence-corrected chi connectivity index (χ1v) is 8.04. The molecule has 1 aliphatic heterocycles. The molecule has 6 nitrogen and oxygen atoms in total. The zero-order chi connectivity index (χ0) is 16.8. The van der Waals surface area contributed by atoms with Crippen molar-refractivity contribution in [2.24, 2.45) is 10.7 Å². The number of methoxy groups -OCH3 is 1. The van der Waals surface area contributed by atoms with E-state index in [1.54, 1.807) is 7.11 Å². The average molecular weight is 454 g/mol. The van der Waals surface area contributed by atoms with Gasteiger partial charge in [-0.05, 0) is 12.1 Å². The van der Waals surface area contributed by atoms with Crippen molar-refractivity contribution in [1.82, 2.24) is 10.3 Å². The number of para-hydroxylation sites is 1. The molecule has 1 aliphatic rings. The van der Waals surface area contributed by atoms with Crippen LogP contribution in [0.1, 0.15) is 23.7 Å². The number of nitrogens with zero attached hydrogens (tertiary/aromatic N) is 2. The van der Waals surface area contributed by atoms with Gasteiger partial charge < -0.3 is 20.5 Å². The smallest absolute Gasteiger partial charge is 0.213 e. The number of nitrogens with two attached hydrogens (primary N) is 1. The number of ether oxygens (including phenoxy) is 2. The number of halogens is 1. The molecule has 0 amide bonds. The summed E-state index contributed by atoms with van der Waals surface area (Å²) in [5.41, 5.74) is 8.09. The lowest BCUT2D eigenvalue weighted by molar-refractivity contribution is 0.262. The number of fused-ring (bicyclic) bond motifs is 1. The van der Waals surface area contributed by atoms with Crippen LogP contribution in [0.4, 0.5) is 0 Å². The van der Waals surface area contributed by atoms with E-state index in [2.05, 4.69) is 21.4 Å². The first-order valence-electron chi connectivity index (χ1n) is 8.04. The minimum Gasteiger partial charge on any atom is -0.493 e. The summed E-state index contributed by atoms with van der Waals surface area (Å²) in [7, 11) is 1.61. The number of hydrogen-bond acceptors (Lipinski definition) is 4. The molecule has 1 aromatic heterocycles. The van der Waals surface area contributed by atoms with E-state index in [0.717, 1.165) is 23.4 Å². The molecule has 1 unspecified atom stereocenters. The van der Waals surface area contributed by atoms with E-state index in [1.807, 2.05) is 36.4 Å². The number of guanidine groups is 1. The monoisotopic (exact) mass is 454 g/mol. The molecule has 0 aliphatic carbocycles. The maximum Gasteiger partial charge on any atom is 0.213 e. The van der Waals surface area contributed by atoms with Crippen LogP contribution in [0.25, 0.3) is 0 Å². The van der Waals surface area contributed by atoms with Crippen LogP contribution in [0.15, 0.2) is 47.5 Å². The summed E-state index contributed by atoms with van der Waals surface area (Å²) >= 11 is 0. The normalized spacial score (nSPS) is 16.2. The number of nitrogens with one attached hydrogen (secondary N) is 1. The topological polar surface area (TPSA) is 81.8 Å². The Morgan fingerprint density at radius 1 is 1.32 bits per heavy atom. The van der Waals surface area contributed by atoms with Crippen LogP contribution in [-0.4, -0.2) is 31.2 Å². The number of aromatic nitrogens is 1. The Morgan fingerprint density at radius 2 is 2.16 bits per heavy atom. The van der Waals surface area contributed by atoms with Crippen LogP contribution in [0.5, 0.6) is 11.6 Å². The van der Waals surface area contributed by atoms with Crippen molar-refractivity contribution in [2.45, 2.75) is 18.9 Å². The quantitative estimate of drug-likeness (QED) is 0.413. The first-order chi connectivity index (χ1) is 11.8. The van der Waals surface area contributed by atoms with Crippen molar-refractivity contribution >= 4 is 29.9 Å². The Kier molecular flexibility index (Phi) is 7.30. The molecular formula is C18H23IN4O2. The van der Waals surface area contributed by atoms with Crippen LogP contribution in [-0.2, 0) is 6.42 Å². The molecule has 0 fully saturated rings. The van der Waals surface area contributed by atoms with Crippen LogP contribution in [0.2, 0.25) is 0 Å². The van der Waals surface area contributed by atoms with Crippen molar-refractivity contribution in [1.29, 1.82) is 0 Å². The number of pyridine rings is 1. The van der Waals surface area contributed by atoms with E-state index in [0.29, 0.717) is 31.4 Å². The maximum atomic E-state index is 6.03. The van der Waals surface area contributed by atoms with Gasteiger partial charge in [0.25, 0.3) is 0 Å². The van der Waals surface area contributed by atoms with Gasteiger partial charge in [0.1, 0.15) is 5.75 Å². The predicted molar refractivity (Wildman–Crippen MR) is 109 cm³/mol. The van der Waals surface area contributed by atoms with Gasteiger partial charge >= 0.3 is 0 Å². The van der Waals surface area contributed by atoms with Gasteiger partial charge in [-0.3, -0.25) is 4.99 Å². The highest BCUT2D eigenvalue weighted by Gasteiger charge is 2.21. The Balaban J connectivity index is 0.00000225. The van der Waals surface area contributed by atoms with Gasteiger partial charge in [-0.2, -0.15) is 0 Å². The Hall–Kier alpha value is -2.03. The van der Waals surface area contributed by atoms with E-state index in [-0.39, 0.29) is 30.0 Å². The van der Waals surface area contributed by atoms with Crippen molar-refractivity contribution in [2.75, 3.05) is 20.3 Å². The van der Waals surface area contributed by atoms with Crippen molar-refractivity contribution in [3.8, 4) is 11.6 Å². The molecule has 2 heterocycles. The molecule has 0 saturated carbocycles. The van der Waals surface area contributed by atoms with Gasteiger partial charge in [-0.15, -0.1) is 24.0 Å². The fourth-order valence-corrected chi connectivity index (χ4v) is 2.72. The van der Waals surface area contributed by atoms with Gasteiger partial charge in [-0.1, -0.05) is 24.3 Å². The zero-order valence-corrected chi connectivity index (χ0v) is 16.5. The first kappa shape index (κ1) is 19.3. The van der Waals surface area contributed by atoms with Gasteiger partial charge in [-0.25, -0.2) is 4.98 Å². The molecule has 0 saturated heterocycles. The zero-order valence-electron chi connectivity index (χ0n) is 14.1. The molecule has 0 bridgehead atoms. The van der Waals surface area contributed by atoms with Crippen LogP contribution >= 0.6 is 24.0 Å². The van der Waals surface area contributed by atoms with E-state index >= 15 is 0 Å². The minimum absolute atomic E-state index is 0. The van der Waals surface area contributed by atoms with Gasteiger partial charge in [0.05, 0.1) is 19.8 Å². The van der Waals surface area contributed by atoms with E-state index in [9.17, 15) is 0 Å². The largest absolute Gasteiger partial charge is 0.493 e. The van der Waals surface area contributed by atoms with E-state index in [4.69, 9.17) is 15.2 Å². The molecule has 7 heteroatoms. The predicted octanol–water partition coefficient (Wildman–Crippen LogP) is 2.68. The van der Waals surface area contributed by atoms with Crippen LogP contribution in [0.3, 0.4) is 0 Å². The molecule has 2 aromatic rings. The van der Waals surface area contributed by atoms with Crippen molar-refractivity contribution < 1.29 is 9.47 Å². The summed E-state index contributed by atoms with van der Waals surface area (Å²) in [6.07, 6.45) is 1.58. The van der Waals surface area contributed by atoms with Crippen LogP contribution in [0, 0.1) is 0 Å². The standard InChI is InChI=1S/C18H22N4O2.HI/c1-23-17-8-4-5-13(21-17)9-11-20-18(19)22-15-10-12-24-16-7-3-2-6-14(15)16;/h2-8,15H,9-12H2,1H3,(H3,19,20,22);1H. The number of benzene rings is 1. The summed E-state index contributed by atoms with van der Waals surface area (Å²) in [5, 5.41) is 3.29. The van der Waals surface area contributed by atoms with Gasteiger partial charge in [0.15, 0.2) is 5.96 Å². The lowest BCUT2D eigenvalue weighted by Crippen LogP contribution is -2.37. The van der Waals surface area contributed by atoms with Crippen molar-refractivity contribution in [3.63, 3.8) is 0 Å². The third kappa shape index (κ3) is 5.22. The molecule has 3 N–H and O–H groups in total. The number of rotatable bonds is 5. The second-order valence-electron chi connectivity index (χ2n) is 5.56. The summed E-state index contributed by atoms with van der Waals surface area (Å²) in [6.45, 7) is 1.25. The summed E-state index contributed by atoms with van der Waals surface area (Å²) in [4.78, 5) is 8.77. The number of hydrogen-bond donors (Lipinski definition) is 2. The fraction of sp³-hybridized carbons (Fsp3) is 0.333. The molecule has 134 valence electrons. The minimum atomic E-state index is 0. The highest BCUT2D eigenvalue weighted by molar-refractivity contribution is 14.0. The third-order valence-electron chi connectivity index (χ3n) is 3.92. The number of aliphatic imine (C=N–C) groups is 1. The van der Waals surface area contributed by atoms with Gasteiger partial charge in [0, 0.05) is 36.7 Å². The third-order valence-corrected chi connectivity index (χ3v) is 3.92. The Morgan fingerprint density at radius 3 is 3.00 bits per heavy atom. The summed E-state index contributed by atoms with van der Waals surface area (Å²) < 4.78 is 10.8. The van der Waals surface area contributed by atoms with E-state index in [1.165, 1.54) is 0 Å². The molecule has 0 spiro atoms. The Labute approximate surface area is 164 Å². The molecule has 1 aromatic carbocycles. The van der Waals surface area contributed by atoms with Crippen molar-refractivity contribution in [3.05, 3.63) is 53.7 Å². The average Bonchev–Trinajstić information content (AvgIpc) is 2.62. The highest BCUT2D eigenvalue weighted by Crippen LogP contribution is 2.31. The molecule has 1 atom stereocenters. The summed E-state index contributed by atoms with van der Waals surface area (Å²) in [5.74, 6) is 1.97. The lowest BCUT2D eigenvalue weighted by atomic mass is 10.0. The second kappa shape index (κ2) is 9.45. The SMILES string of the molecule is COc1cccc(CCN=C(N)NC2CCOc3ccccc32)n1.I. The van der Waals surface area contributed by atoms with Crippen LogP contribution < -0.4 is 20.5 Å². The second-order valence-corrected chi connectivity index (χ2v) is 5.56. The molecule has 0 radical (unpaired) electrons. The molecule has 25 heavy (non-hydrogen) atoms. The lowest BCUT2D eigenvalue weighted by Gasteiger charge is -2.26. The summed E-state index contributed by atoms with van der Waals surface area (Å²) in [6, 6.07) is 13.8. The maximum absolute atomic E-state index is 6.03. The molecule has 3 rings (SSSR count). The Bertz CT molecular complexity index is 724. The highest BCUT2D eigenvalue weighted by atomic mass is 127. The molecular weight excluding hydrogens is 431 g/mol.